The molecule has 0 aliphatic heterocycles. The highest BCUT2D eigenvalue weighted by Gasteiger charge is 2.37. The van der Waals surface area contributed by atoms with Crippen molar-refractivity contribution >= 4 is 11.7 Å². The number of urea groups is 1. The quantitative estimate of drug-likeness (QED) is 0.888. The minimum absolute atomic E-state index is 0.0461. The summed E-state index contributed by atoms with van der Waals surface area (Å²) in [5.74, 6) is 0.324. The Bertz CT molecular complexity index is 706. The number of hydrogen-bond donors (Lipinski definition) is 2. The Morgan fingerprint density at radius 2 is 1.91 bits per heavy atom. The Hall–Kier alpha value is -2.72. The van der Waals surface area contributed by atoms with Crippen LogP contribution in [-0.4, -0.2) is 32.7 Å². The zero-order valence-corrected chi connectivity index (χ0v) is 12.6. The predicted molar refractivity (Wildman–Crippen MR) is 73.8 cm³/mol. The molecule has 0 unspecified atom stereocenters. The molecule has 0 spiro atoms. The fourth-order valence-corrected chi connectivity index (χ4v) is 1.94. The van der Waals surface area contributed by atoms with E-state index in [9.17, 15) is 18.0 Å². The molecule has 0 aliphatic rings. The van der Waals surface area contributed by atoms with Gasteiger partial charge in [-0.05, 0) is 0 Å². The lowest BCUT2D eigenvalue weighted by Crippen LogP contribution is -2.29. The predicted octanol–water partition coefficient (Wildman–Crippen LogP) is 1.50. The topological polar surface area (TPSA) is 86.0 Å². The van der Waals surface area contributed by atoms with Crippen LogP contribution >= 0.6 is 0 Å². The summed E-state index contributed by atoms with van der Waals surface area (Å²) in [6.45, 7) is 0.0461. The monoisotopic (exact) mass is 332 g/mol. The van der Waals surface area contributed by atoms with Gasteiger partial charge in [0.25, 0.3) is 0 Å². The molecule has 0 fully saturated rings. The van der Waals surface area contributed by atoms with Crippen LogP contribution in [0.4, 0.5) is 23.7 Å². The van der Waals surface area contributed by atoms with Crippen molar-refractivity contribution in [1.29, 1.82) is 0 Å². The van der Waals surface area contributed by atoms with Crippen molar-refractivity contribution in [3.63, 3.8) is 0 Å². The number of ether oxygens (including phenoxy) is 1. The normalized spacial score (nSPS) is 11.4. The molecule has 0 saturated carbocycles. The second kappa shape index (κ2) is 6.18. The molecule has 0 aliphatic carbocycles. The molecule has 8 nitrogen and oxygen atoms in total. The summed E-state index contributed by atoms with van der Waals surface area (Å²) in [4.78, 5) is 11.8. The molecule has 0 atom stereocenters. The van der Waals surface area contributed by atoms with Crippen LogP contribution in [0.25, 0.3) is 0 Å². The summed E-state index contributed by atoms with van der Waals surface area (Å²) in [7, 11) is 4.44. The van der Waals surface area contributed by atoms with E-state index in [4.69, 9.17) is 4.74 Å². The maximum Gasteiger partial charge on any atom is 0.437 e. The van der Waals surface area contributed by atoms with Crippen molar-refractivity contribution in [2.24, 2.45) is 14.1 Å². The van der Waals surface area contributed by atoms with Crippen LogP contribution in [0.5, 0.6) is 5.88 Å². The van der Waals surface area contributed by atoms with Crippen LogP contribution in [0, 0.1) is 0 Å². The molecule has 23 heavy (non-hydrogen) atoms. The Kier molecular flexibility index (Phi) is 4.48. The Morgan fingerprint density at radius 1 is 1.26 bits per heavy atom. The summed E-state index contributed by atoms with van der Waals surface area (Å²) in [6.07, 6.45) is -1.95. The number of anilines is 1. The van der Waals surface area contributed by atoms with E-state index in [-0.39, 0.29) is 6.54 Å². The van der Waals surface area contributed by atoms with Gasteiger partial charge < -0.3 is 15.4 Å². The number of carbonyl (C=O) groups excluding carboxylic acids is 1. The number of aryl methyl sites for hydroxylation is 2. The van der Waals surface area contributed by atoms with Crippen molar-refractivity contribution in [3.05, 3.63) is 23.7 Å². The third-order valence-electron chi connectivity index (χ3n) is 2.84. The van der Waals surface area contributed by atoms with Gasteiger partial charge in [0.2, 0.25) is 5.88 Å². The third kappa shape index (κ3) is 3.93. The van der Waals surface area contributed by atoms with Gasteiger partial charge >= 0.3 is 12.2 Å². The smallest absolute Gasteiger partial charge is 0.437 e. The van der Waals surface area contributed by atoms with Crippen LogP contribution in [0.3, 0.4) is 0 Å². The van der Waals surface area contributed by atoms with E-state index < -0.39 is 23.6 Å². The number of carbonyl (C=O) groups is 1. The maximum atomic E-state index is 12.8. The zero-order valence-electron chi connectivity index (χ0n) is 12.6. The van der Waals surface area contributed by atoms with E-state index in [1.807, 2.05) is 0 Å². The number of nitrogens with zero attached hydrogens (tertiary/aromatic N) is 4. The van der Waals surface area contributed by atoms with Gasteiger partial charge in [0.1, 0.15) is 0 Å². The lowest BCUT2D eigenvalue weighted by molar-refractivity contribution is -0.140. The number of alkyl halides is 3. The summed E-state index contributed by atoms with van der Waals surface area (Å²) in [5, 5.41) is 11.9. The van der Waals surface area contributed by atoms with E-state index in [2.05, 4.69) is 20.8 Å². The zero-order chi connectivity index (χ0) is 17.2. The van der Waals surface area contributed by atoms with Gasteiger partial charge in [-0.15, -0.1) is 5.10 Å². The van der Waals surface area contributed by atoms with Crippen LogP contribution in [0.1, 0.15) is 11.3 Å². The largest absolute Gasteiger partial charge is 0.480 e. The number of amides is 2. The van der Waals surface area contributed by atoms with Crippen LogP contribution in [0.2, 0.25) is 0 Å². The molecule has 2 aromatic heterocycles. The molecule has 2 N–H and O–H groups in total. The van der Waals surface area contributed by atoms with Crippen molar-refractivity contribution < 1.29 is 22.7 Å². The van der Waals surface area contributed by atoms with E-state index in [0.29, 0.717) is 11.4 Å². The van der Waals surface area contributed by atoms with Gasteiger partial charge in [0.15, 0.2) is 5.69 Å². The molecular weight excluding hydrogens is 317 g/mol. The van der Waals surface area contributed by atoms with Crippen LogP contribution < -0.4 is 15.4 Å². The Balaban J connectivity index is 2.03. The summed E-state index contributed by atoms with van der Waals surface area (Å²) in [5.41, 5.74) is -0.989. The minimum atomic E-state index is -4.66. The standard InChI is InChI=1S/C12H15F3N6O2/c1-20-5-7(10(19-20)23-3)4-16-11(22)17-8-6-21(2)18-9(8)12(13,14)15/h5-6H,4H2,1-3H3,(H2,16,17,22). The van der Waals surface area contributed by atoms with Crippen molar-refractivity contribution in [1.82, 2.24) is 24.9 Å². The average Bonchev–Trinajstić information content (AvgIpc) is 2.98. The highest BCUT2D eigenvalue weighted by molar-refractivity contribution is 5.89. The molecule has 2 amide bonds. The SMILES string of the molecule is COc1nn(C)cc1CNC(=O)Nc1cn(C)nc1C(F)(F)F. The maximum absolute atomic E-state index is 12.8. The van der Waals surface area contributed by atoms with Crippen molar-refractivity contribution in [2.75, 3.05) is 12.4 Å². The van der Waals surface area contributed by atoms with Gasteiger partial charge in [-0.1, -0.05) is 0 Å². The third-order valence-corrected chi connectivity index (χ3v) is 2.84. The number of nitrogens with one attached hydrogen (secondary N) is 2. The summed E-state index contributed by atoms with van der Waals surface area (Å²) in [6, 6.07) is -0.797. The van der Waals surface area contributed by atoms with Gasteiger partial charge in [-0.3, -0.25) is 9.36 Å². The first kappa shape index (κ1) is 16.6. The summed E-state index contributed by atoms with van der Waals surface area (Å²) < 4.78 is 45.9. The molecule has 11 heteroatoms. The number of halogens is 3. The lowest BCUT2D eigenvalue weighted by atomic mass is 10.3. The number of rotatable bonds is 4. The molecule has 0 bridgehead atoms. The first-order valence-electron chi connectivity index (χ1n) is 6.43. The Labute approximate surface area is 129 Å². The fourth-order valence-electron chi connectivity index (χ4n) is 1.94. The Morgan fingerprint density at radius 3 is 2.52 bits per heavy atom. The van der Waals surface area contributed by atoms with Crippen LogP contribution in [-0.2, 0) is 26.8 Å². The number of aromatic nitrogens is 4. The second-order valence-electron chi connectivity index (χ2n) is 4.71. The average molecular weight is 332 g/mol. The summed E-state index contributed by atoms with van der Waals surface area (Å²) >= 11 is 0. The lowest BCUT2D eigenvalue weighted by Gasteiger charge is -2.09. The van der Waals surface area contributed by atoms with E-state index in [0.717, 1.165) is 10.9 Å². The molecule has 2 rings (SSSR count). The van der Waals surface area contributed by atoms with E-state index in [1.54, 1.807) is 13.2 Å². The highest BCUT2D eigenvalue weighted by atomic mass is 19.4. The highest BCUT2D eigenvalue weighted by Crippen LogP contribution is 2.33. The van der Waals surface area contributed by atoms with E-state index in [1.165, 1.54) is 18.8 Å². The number of hydrogen-bond acceptors (Lipinski definition) is 4. The minimum Gasteiger partial charge on any atom is -0.480 e. The van der Waals surface area contributed by atoms with Crippen LogP contribution in [0.15, 0.2) is 12.4 Å². The van der Waals surface area contributed by atoms with Crippen molar-refractivity contribution in [2.45, 2.75) is 12.7 Å². The van der Waals surface area contributed by atoms with Gasteiger partial charge in [-0.2, -0.15) is 18.3 Å². The number of methoxy groups -OCH3 is 1. The van der Waals surface area contributed by atoms with Crippen molar-refractivity contribution in [3.8, 4) is 5.88 Å². The molecule has 0 saturated heterocycles. The van der Waals surface area contributed by atoms with Gasteiger partial charge in [0.05, 0.1) is 24.9 Å². The molecule has 126 valence electrons. The molecule has 0 aromatic carbocycles. The molecule has 2 aromatic rings. The first-order valence-corrected chi connectivity index (χ1v) is 6.43. The fraction of sp³-hybridized carbons (Fsp3) is 0.417. The molecule has 2 heterocycles. The molecular formula is C12H15F3N6O2. The van der Waals surface area contributed by atoms with Gasteiger partial charge in [0, 0.05) is 26.5 Å². The van der Waals surface area contributed by atoms with E-state index >= 15 is 0 Å². The molecule has 0 radical (unpaired) electrons. The second-order valence-corrected chi connectivity index (χ2v) is 4.71. The van der Waals surface area contributed by atoms with Gasteiger partial charge in [-0.25, -0.2) is 4.79 Å². The first-order chi connectivity index (χ1) is 10.7.